The maximum atomic E-state index is 12.3. The first kappa shape index (κ1) is 17.4. The molecule has 1 unspecified atom stereocenters. The second-order valence-corrected chi connectivity index (χ2v) is 5.05. The predicted molar refractivity (Wildman–Crippen MR) is 80.7 cm³/mol. The van der Waals surface area contributed by atoms with Gasteiger partial charge < -0.3 is 15.4 Å². The fourth-order valence-electron chi connectivity index (χ4n) is 1.87. The number of ether oxygens (including phenoxy) is 1. The highest BCUT2D eigenvalue weighted by molar-refractivity contribution is 5.98. The lowest BCUT2D eigenvalue weighted by Gasteiger charge is -2.21. The monoisotopic (exact) mass is 309 g/mol. The van der Waals surface area contributed by atoms with Crippen LogP contribution in [0.2, 0.25) is 0 Å². The third-order valence-electron chi connectivity index (χ3n) is 2.96. The van der Waals surface area contributed by atoms with Crippen LogP contribution in [0.5, 0.6) is 5.75 Å². The fraction of sp³-hybridized carbons (Fsp3) is 0.429. The summed E-state index contributed by atoms with van der Waals surface area (Å²) >= 11 is 0. The number of benzene rings is 1. The number of carbonyl (C=O) groups is 2. The second-order valence-electron chi connectivity index (χ2n) is 5.05. The van der Waals surface area contributed by atoms with Gasteiger partial charge in [0.25, 0.3) is 5.69 Å². The normalized spacial score (nSPS) is 11.7. The molecule has 0 bridgehead atoms. The largest absolute Gasteiger partial charge is 0.495 e. The number of hydrogen-bond donors (Lipinski definition) is 2. The van der Waals surface area contributed by atoms with Crippen LogP contribution in [0.1, 0.15) is 20.8 Å². The van der Waals surface area contributed by atoms with Gasteiger partial charge in [-0.1, -0.05) is 13.8 Å². The first-order chi connectivity index (χ1) is 10.3. The second kappa shape index (κ2) is 7.39. The third-order valence-corrected chi connectivity index (χ3v) is 2.96. The minimum Gasteiger partial charge on any atom is -0.495 e. The Balaban J connectivity index is 3.05. The van der Waals surface area contributed by atoms with E-state index in [1.165, 1.54) is 32.2 Å². The molecule has 1 rings (SSSR count). The van der Waals surface area contributed by atoms with Crippen molar-refractivity contribution in [2.24, 2.45) is 5.92 Å². The zero-order valence-corrected chi connectivity index (χ0v) is 12.9. The molecule has 0 saturated heterocycles. The lowest BCUT2D eigenvalue weighted by Crippen LogP contribution is -2.46. The number of hydrogen-bond acceptors (Lipinski definition) is 5. The molecule has 1 aromatic rings. The van der Waals surface area contributed by atoms with Gasteiger partial charge in [0, 0.05) is 19.1 Å². The van der Waals surface area contributed by atoms with Crippen molar-refractivity contribution >= 4 is 23.2 Å². The molecule has 0 aliphatic rings. The molecule has 0 aliphatic heterocycles. The molecule has 1 aromatic carbocycles. The number of carbonyl (C=O) groups excluding carboxylic acids is 2. The molecule has 2 amide bonds. The van der Waals surface area contributed by atoms with Crippen molar-refractivity contribution in [1.29, 1.82) is 0 Å². The number of non-ortho nitro benzene ring substituents is 1. The zero-order chi connectivity index (χ0) is 16.9. The van der Waals surface area contributed by atoms with Gasteiger partial charge in [-0.25, -0.2) is 0 Å². The van der Waals surface area contributed by atoms with Gasteiger partial charge in [-0.15, -0.1) is 0 Å². The minimum atomic E-state index is -0.749. The summed E-state index contributed by atoms with van der Waals surface area (Å²) in [5.74, 6) is -0.651. The van der Waals surface area contributed by atoms with E-state index in [0.29, 0.717) is 5.75 Å². The zero-order valence-electron chi connectivity index (χ0n) is 12.9. The summed E-state index contributed by atoms with van der Waals surface area (Å²) in [7, 11) is 1.39. The molecule has 0 saturated carbocycles. The van der Waals surface area contributed by atoms with Crippen LogP contribution in [-0.4, -0.2) is 29.9 Å². The predicted octanol–water partition coefficient (Wildman–Crippen LogP) is 1.70. The molecule has 0 fully saturated rings. The Hall–Kier alpha value is -2.64. The molecule has 0 spiro atoms. The summed E-state index contributed by atoms with van der Waals surface area (Å²) in [6.45, 7) is 4.88. The average Bonchev–Trinajstić information content (AvgIpc) is 2.43. The van der Waals surface area contributed by atoms with E-state index in [1.54, 1.807) is 13.8 Å². The highest BCUT2D eigenvalue weighted by Crippen LogP contribution is 2.29. The number of amides is 2. The highest BCUT2D eigenvalue weighted by Gasteiger charge is 2.24. The van der Waals surface area contributed by atoms with Crippen LogP contribution in [0.3, 0.4) is 0 Å². The van der Waals surface area contributed by atoms with Gasteiger partial charge in [0.2, 0.25) is 11.8 Å². The molecule has 1 atom stereocenters. The Morgan fingerprint density at radius 3 is 2.41 bits per heavy atom. The van der Waals surface area contributed by atoms with Gasteiger partial charge >= 0.3 is 0 Å². The topological polar surface area (TPSA) is 111 Å². The standard InChI is InChI=1S/C14H19N3O5/c1-8(2)13(15-9(3)18)14(19)16-11-7-10(17(20)21)5-6-12(11)22-4/h5-8,13H,1-4H3,(H,15,18)(H,16,19). The van der Waals surface area contributed by atoms with Crippen molar-refractivity contribution in [2.75, 3.05) is 12.4 Å². The van der Waals surface area contributed by atoms with Crippen molar-refractivity contribution < 1.29 is 19.2 Å². The van der Waals surface area contributed by atoms with Crippen LogP contribution in [-0.2, 0) is 9.59 Å². The SMILES string of the molecule is COc1ccc([N+](=O)[O-])cc1NC(=O)C(NC(C)=O)C(C)C. The van der Waals surface area contributed by atoms with E-state index < -0.39 is 16.9 Å². The molecule has 0 heterocycles. The van der Waals surface area contributed by atoms with E-state index in [1.807, 2.05) is 0 Å². The molecular formula is C14H19N3O5. The Bertz CT molecular complexity index is 586. The number of rotatable bonds is 6. The van der Waals surface area contributed by atoms with Crippen molar-refractivity contribution in [3.63, 3.8) is 0 Å². The molecule has 2 N–H and O–H groups in total. The lowest BCUT2D eigenvalue weighted by atomic mass is 10.0. The van der Waals surface area contributed by atoms with Crippen molar-refractivity contribution in [1.82, 2.24) is 5.32 Å². The summed E-state index contributed by atoms with van der Waals surface area (Å²) in [4.78, 5) is 33.7. The van der Waals surface area contributed by atoms with Crippen LogP contribution in [0, 0.1) is 16.0 Å². The summed E-state index contributed by atoms with van der Waals surface area (Å²) in [6.07, 6.45) is 0. The molecular weight excluding hydrogens is 290 g/mol. The molecule has 22 heavy (non-hydrogen) atoms. The van der Waals surface area contributed by atoms with E-state index in [-0.39, 0.29) is 23.2 Å². The first-order valence-corrected chi connectivity index (χ1v) is 6.66. The van der Waals surface area contributed by atoms with Crippen LogP contribution in [0.15, 0.2) is 18.2 Å². The number of nitrogens with one attached hydrogen (secondary N) is 2. The number of nitro benzene ring substituents is 1. The maximum Gasteiger partial charge on any atom is 0.271 e. The Kier molecular flexibility index (Phi) is 5.85. The molecule has 0 aromatic heterocycles. The van der Waals surface area contributed by atoms with Crippen LogP contribution in [0.25, 0.3) is 0 Å². The van der Waals surface area contributed by atoms with Gasteiger partial charge in [0.05, 0.1) is 17.7 Å². The van der Waals surface area contributed by atoms with Crippen molar-refractivity contribution in [3.05, 3.63) is 28.3 Å². The van der Waals surface area contributed by atoms with Gasteiger partial charge in [-0.3, -0.25) is 19.7 Å². The Morgan fingerprint density at radius 2 is 1.95 bits per heavy atom. The molecule has 0 radical (unpaired) electrons. The van der Waals surface area contributed by atoms with E-state index >= 15 is 0 Å². The summed E-state index contributed by atoms with van der Waals surface area (Å²) < 4.78 is 5.08. The summed E-state index contributed by atoms with van der Waals surface area (Å²) in [5.41, 5.74) is 0.00873. The number of nitro groups is 1. The van der Waals surface area contributed by atoms with Gasteiger partial charge in [-0.2, -0.15) is 0 Å². The van der Waals surface area contributed by atoms with Crippen LogP contribution >= 0.6 is 0 Å². The number of methoxy groups -OCH3 is 1. The van der Waals surface area contributed by atoms with Crippen LogP contribution in [0.4, 0.5) is 11.4 Å². The van der Waals surface area contributed by atoms with E-state index in [2.05, 4.69) is 10.6 Å². The molecule has 8 heteroatoms. The smallest absolute Gasteiger partial charge is 0.271 e. The van der Waals surface area contributed by atoms with Crippen molar-refractivity contribution in [3.8, 4) is 5.75 Å². The highest BCUT2D eigenvalue weighted by atomic mass is 16.6. The first-order valence-electron chi connectivity index (χ1n) is 6.66. The molecule has 0 aliphatic carbocycles. The van der Waals surface area contributed by atoms with E-state index in [9.17, 15) is 19.7 Å². The molecule has 8 nitrogen and oxygen atoms in total. The van der Waals surface area contributed by atoms with Gasteiger partial charge in [0.1, 0.15) is 11.8 Å². The minimum absolute atomic E-state index is 0.145. The average molecular weight is 309 g/mol. The Morgan fingerprint density at radius 1 is 1.32 bits per heavy atom. The van der Waals surface area contributed by atoms with Gasteiger partial charge in [-0.05, 0) is 12.0 Å². The van der Waals surface area contributed by atoms with Crippen molar-refractivity contribution in [2.45, 2.75) is 26.8 Å². The number of nitrogens with zero attached hydrogens (tertiary/aromatic N) is 1. The molecule has 120 valence electrons. The number of anilines is 1. The van der Waals surface area contributed by atoms with E-state index in [0.717, 1.165) is 0 Å². The Labute approximate surface area is 128 Å². The summed E-state index contributed by atoms with van der Waals surface area (Å²) in [5, 5.41) is 15.9. The maximum absolute atomic E-state index is 12.3. The van der Waals surface area contributed by atoms with Crippen LogP contribution < -0.4 is 15.4 Å². The quantitative estimate of drug-likeness (QED) is 0.614. The third kappa shape index (κ3) is 4.44. The fourth-order valence-corrected chi connectivity index (χ4v) is 1.87. The van der Waals surface area contributed by atoms with Gasteiger partial charge in [0.15, 0.2) is 0 Å². The van der Waals surface area contributed by atoms with E-state index in [4.69, 9.17) is 4.74 Å². The lowest BCUT2D eigenvalue weighted by molar-refractivity contribution is -0.384. The summed E-state index contributed by atoms with van der Waals surface area (Å²) in [6, 6.07) is 3.14.